The number of amides is 2. The third kappa shape index (κ3) is 4.89. The first-order chi connectivity index (χ1) is 8.91. The third-order valence-corrected chi connectivity index (χ3v) is 3.40. The number of aliphatic carboxylic acids is 1. The summed E-state index contributed by atoms with van der Waals surface area (Å²) >= 11 is 0. The number of nitrogens with one attached hydrogen (secondary N) is 2. The van der Waals surface area contributed by atoms with Crippen LogP contribution in [0.15, 0.2) is 0 Å². The minimum Gasteiger partial charge on any atom is -0.480 e. The predicted octanol–water partition coefficient (Wildman–Crippen LogP) is 0.518. The molecule has 3 N–H and O–H groups in total. The van der Waals surface area contributed by atoms with Gasteiger partial charge in [-0.3, -0.25) is 9.59 Å². The number of hydrogen-bond acceptors (Lipinski definition) is 3. The maximum atomic E-state index is 11.7. The summed E-state index contributed by atoms with van der Waals surface area (Å²) in [6.07, 6.45) is 3.85. The fourth-order valence-corrected chi connectivity index (χ4v) is 2.24. The van der Waals surface area contributed by atoms with Crippen molar-refractivity contribution >= 4 is 17.8 Å². The van der Waals surface area contributed by atoms with Crippen molar-refractivity contribution in [2.75, 3.05) is 6.54 Å². The topological polar surface area (TPSA) is 95.5 Å². The van der Waals surface area contributed by atoms with Crippen LogP contribution in [0.25, 0.3) is 0 Å². The predicted molar refractivity (Wildman–Crippen MR) is 69.4 cm³/mol. The van der Waals surface area contributed by atoms with Crippen molar-refractivity contribution < 1.29 is 19.5 Å². The minimum atomic E-state index is -1.06. The first kappa shape index (κ1) is 15.5. The van der Waals surface area contributed by atoms with Gasteiger partial charge in [-0.05, 0) is 18.8 Å². The highest BCUT2D eigenvalue weighted by molar-refractivity contribution is 5.88. The lowest BCUT2D eigenvalue weighted by Crippen LogP contribution is -2.48. The molecule has 108 valence electrons. The van der Waals surface area contributed by atoms with Gasteiger partial charge >= 0.3 is 5.97 Å². The van der Waals surface area contributed by atoms with E-state index in [1.165, 1.54) is 0 Å². The van der Waals surface area contributed by atoms with Gasteiger partial charge in [0.15, 0.2) is 0 Å². The monoisotopic (exact) mass is 270 g/mol. The molecule has 19 heavy (non-hydrogen) atoms. The molecule has 1 aliphatic rings. The maximum Gasteiger partial charge on any atom is 0.326 e. The van der Waals surface area contributed by atoms with Crippen molar-refractivity contribution in [3.05, 3.63) is 0 Å². The third-order valence-electron chi connectivity index (χ3n) is 3.40. The molecule has 1 rings (SSSR count). The Morgan fingerprint density at radius 1 is 1.21 bits per heavy atom. The van der Waals surface area contributed by atoms with Gasteiger partial charge in [0, 0.05) is 5.92 Å². The smallest absolute Gasteiger partial charge is 0.326 e. The average Bonchev–Trinajstić information content (AvgIpc) is 2.85. The van der Waals surface area contributed by atoms with Crippen LogP contribution >= 0.6 is 0 Å². The quantitative estimate of drug-likeness (QED) is 0.655. The van der Waals surface area contributed by atoms with E-state index >= 15 is 0 Å². The van der Waals surface area contributed by atoms with Gasteiger partial charge in [-0.15, -0.1) is 0 Å². The van der Waals surface area contributed by atoms with E-state index in [1.807, 2.05) is 0 Å². The Balaban J connectivity index is 2.34. The summed E-state index contributed by atoms with van der Waals surface area (Å²) in [5.41, 5.74) is 0. The molecule has 0 radical (unpaired) electrons. The van der Waals surface area contributed by atoms with Crippen LogP contribution in [0.3, 0.4) is 0 Å². The number of carboxylic acids is 1. The summed E-state index contributed by atoms with van der Waals surface area (Å²) in [6, 6.07) is -0.920. The molecule has 6 heteroatoms. The average molecular weight is 270 g/mol. The Bertz CT molecular complexity index is 349. The van der Waals surface area contributed by atoms with Gasteiger partial charge in [-0.25, -0.2) is 4.79 Å². The summed E-state index contributed by atoms with van der Waals surface area (Å²) in [4.78, 5) is 34.2. The zero-order chi connectivity index (χ0) is 14.4. The lowest BCUT2D eigenvalue weighted by atomic mass is 10.0. The molecule has 0 unspecified atom stereocenters. The Kier molecular flexibility index (Phi) is 5.79. The SMILES string of the molecule is CC(C)[C@H](NC(=O)CNC(=O)C1CCCC1)C(=O)O. The van der Waals surface area contributed by atoms with Gasteiger partial charge in [0.2, 0.25) is 11.8 Å². The van der Waals surface area contributed by atoms with Crippen LogP contribution in [-0.2, 0) is 14.4 Å². The molecule has 0 aromatic heterocycles. The summed E-state index contributed by atoms with van der Waals surface area (Å²) in [7, 11) is 0. The Hall–Kier alpha value is -1.59. The van der Waals surface area contributed by atoms with E-state index in [1.54, 1.807) is 13.8 Å². The zero-order valence-electron chi connectivity index (χ0n) is 11.4. The second-order valence-electron chi connectivity index (χ2n) is 5.33. The summed E-state index contributed by atoms with van der Waals surface area (Å²) in [5, 5.41) is 13.9. The summed E-state index contributed by atoms with van der Waals surface area (Å²) in [5.74, 6) is -1.83. The molecule has 0 heterocycles. The molecule has 1 aliphatic carbocycles. The highest BCUT2D eigenvalue weighted by Gasteiger charge is 2.25. The Labute approximate surface area is 112 Å². The molecule has 2 amide bonds. The van der Waals surface area contributed by atoms with Crippen molar-refractivity contribution in [1.82, 2.24) is 10.6 Å². The van der Waals surface area contributed by atoms with Crippen molar-refractivity contribution in [3.8, 4) is 0 Å². The molecular formula is C13H22N2O4. The second-order valence-corrected chi connectivity index (χ2v) is 5.33. The Morgan fingerprint density at radius 3 is 2.26 bits per heavy atom. The van der Waals surface area contributed by atoms with Crippen LogP contribution in [0.2, 0.25) is 0 Å². The van der Waals surface area contributed by atoms with E-state index in [-0.39, 0.29) is 24.3 Å². The molecule has 1 fully saturated rings. The van der Waals surface area contributed by atoms with Gasteiger partial charge in [0.25, 0.3) is 0 Å². The van der Waals surface area contributed by atoms with Crippen LogP contribution in [0, 0.1) is 11.8 Å². The lowest BCUT2D eigenvalue weighted by molar-refractivity contribution is -0.143. The van der Waals surface area contributed by atoms with Crippen LogP contribution in [0.1, 0.15) is 39.5 Å². The van der Waals surface area contributed by atoms with Crippen LogP contribution < -0.4 is 10.6 Å². The van der Waals surface area contributed by atoms with Crippen molar-refractivity contribution in [2.45, 2.75) is 45.6 Å². The lowest BCUT2D eigenvalue weighted by Gasteiger charge is -2.18. The molecule has 0 saturated heterocycles. The van der Waals surface area contributed by atoms with Crippen LogP contribution in [0.5, 0.6) is 0 Å². The molecule has 0 aromatic carbocycles. The molecule has 0 aromatic rings. The van der Waals surface area contributed by atoms with E-state index in [9.17, 15) is 14.4 Å². The molecule has 6 nitrogen and oxygen atoms in total. The van der Waals surface area contributed by atoms with Crippen LogP contribution in [-0.4, -0.2) is 35.5 Å². The fraction of sp³-hybridized carbons (Fsp3) is 0.769. The standard InChI is InChI=1S/C13H22N2O4/c1-8(2)11(13(18)19)15-10(16)7-14-12(17)9-5-3-4-6-9/h8-9,11H,3-7H2,1-2H3,(H,14,17)(H,15,16)(H,18,19)/t11-/m0/s1. The van der Waals surface area contributed by atoms with Gasteiger partial charge in [-0.2, -0.15) is 0 Å². The summed E-state index contributed by atoms with van der Waals surface area (Å²) < 4.78 is 0. The normalized spacial score (nSPS) is 17.2. The van der Waals surface area contributed by atoms with Crippen molar-refractivity contribution in [1.29, 1.82) is 0 Å². The highest BCUT2D eigenvalue weighted by atomic mass is 16.4. The molecule has 0 aliphatic heterocycles. The van der Waals surface area contributed by atoms with Gasteiger partial charge in [0.05, 0.1) is 6.54 Å². The fourth-order valence-electron chi connectivity index (χ4n) is 2.24. The first-order valence-corrected chi connectivity index (χ1v) is 6.71. The minimum absolute atomic E-state index is 0.00756. The summed E-state index contributed by atoms with van der Waals surface area (Å²) in [6.45, 7) is 3.28. The number of hydrogen-bond donors (Lipinski definition) is 3. The van der Waals surface area contributed by atoms with Gasteiger partial charge in [0.1, 0.15) is 6.04 Å². The Morgan fingerprint density at radius 2 is 1.79 bits per heavy atom. The van der Waals surface area contributed by atoms with Crippen LogP contribution in [0.4, 0.5) is 0 Å². The van der Waals surface area contributed by atoms with E-state index in [2.05, 4.69) is 10.6 Å². The van der Waals surface area contributed by atoms with E-state index < -0.39 is 17.9 Å². The number of carboxylic acid groups (broad SMARTS) is 1. The number of carbonyl (C=O) groups excluding carboxylic acids is 2. The van der Waals surface area contributed by atoms with Gasteiger partial charge in [-0.1, -0.05) is 26.7 Å². The van der Waals surface area contributed by atoms with Gasteiger partial charge < -0.3 is 15.7 Å². The maximum absolute atomic E-state index is 11.7. The molecule has 1 saturated carbocycles. The number of rotatable bonds is 6. The molecule has 0 bridgehead atoms. The highest BCUT2D eigenvalue weighted by Crippen LogP contribution is 2.24. The molecule has 0 spiro atoms. The first-order valence-electron chi connectivity index (χ1n) is 6.71. The van der Waals surface area contributed by atoms with Crippen molar-refractivity contribution in [3.63, 3.8) is 0 Å². The molecular weight excluding hydrogens is 248 g/mol. The van der Waals surface area contributed by atoms with E-state index in [4.69, 9.17) is 5.11 Å². The second kappa shape index (κ2) is 7.11. The van der Waals surface area contributed by atoms with E-state index in [0.717, 1.165) is 25.7 Å². The van der Waals surface area contributed by atoms with E-state index in [0.29, 0.717) is 0 Å². The molecule has 1 atom stereocenters. The van der Waals surface area contributed by atoms with Crippen molar-refractivity contribution in [2.24, 2.45) is 11.8 Å². The number of carbonyl (C=O) groups is 3. The largest absolute Gasteiger partial charge is 0.480 e. The zero-order valence-corrected chi connectivity index (χ0v) is 11.4.